The summed E-state index contributed by atoms with van der Waals surface area (Å²) in [5.74, 6) is 0.828. The summed E-state index contributed by atoms with van der Waals surface area (Å²) in [5, 5.41) is 0. The van der Waals surface area contributed by atoms with Crippen molar-refractivity contribution >= 4 is 23.9 Å². The maximum Gasteiger partial charge on any atom is 0.188 e. The van der Waals surface area contributed by atoms with Crippen LogP contribution in [0.2, 0.25) is 0 Å². The molecule has 0 saturated carbocycles. The minimum Gasteiger partial charge on any atom is -0.468 e. The maximum atomic E-state index is 5.50. The van der Waals surface area contributed by atoms with Gasteiger partial charge in [0, 0.05) is 12.0 Å². The first-order valence-corrected chi connectivity index (χ1v) is 7.99. The zero-order valence-corrected chi connectivity index (χ0v) is 13.4. The topological polar surface area (TPSA) is 18.5 Å². The highest BCUT2D eigenvalue weighted by atomic mass is 32.2. The van der Waals surface area contributed by atoms with E-state index in [9.17, 15) is 0 Å². The molecule has 0 heterocycles. The fraction of sp³-hybridized carbons (Fsp3) is 0.222. The van der Waals surface area contributed by atoms with E-state index in [4.69, 9.17) is 9.47 Å². The second-order valence-electron chi connectivity index (χ2n) is 4.74. The van der Waals surface area contributed by atoms with E-state index in [1.807, 2.05) is 12.1 Å². The lowest BCUT2D eigenvalue weighted by molar-refractivity contribution is 0.0511. The summed E-state index contributed by atoms with van der Waals surface area (Å²) in [6, 6.07) is 14.7. The molecule has 2 nitrogen and oxygen atoms in total. The summed E-state index contributed by atoms with van der Waals surface area (Å²) < 4.78 is 10.4. The van der Waals surface area contributed by atoms with Gasteiger partial charge in [0.2, 0.25) is 0 Å². The number of hydrogen-bond acceptors (Lipinski definition) is 3. The van der Waals surface area contributed by atoms with Gasteiger partial charge in [0.25, 0.3) is 0 Å². The van der Waals surface area contributed by atoms with Gasteiger partial charge in [0.1, 0.15) is 5.75 Å². The summed E-state index contributed by atoms with van der Waals surface area (Å²) in [4.78, 5) is 1.28. The van der Waals surface area contributed by atoms with Gasteiger partial charge in [-0.3, -0.25) is 0 Å². The number of aryl methyl sites for hydroxylation is 1. The molecule has 0 spiro atoms. The van der Waals surface area contributed by atoms with Crippen LogP contribution in [-0.2, 0) is 4.74 Å². The number of ether oxygens (including phenoxy) is 2. The Balaban J connectivity index is 2.13. The fourth-order valence-electron chi connectivity index (χ4n) is 1.99. The van der Waals surface area contributed by atoms with Crippen LogP contribution in [0, 0.1) is 6.92 Å². The lowest BCUT2D eigenvalue weighted by atomic mass is 10.1. The molecule has 0 unspecified atom stereocenters. The third-order valence-electron chi connectivity index (χ3n) is 3.00. The van der Waals surface area contributed by atoms with E-state index in [0.717, 1.165) is 11.3 Å². The summed E-state index contributed by atoms with van der Waals surface area (Å²) >= 11 is 1.75. The molecule has 0 aliphatic carbocycles. The minimum absolute atomic E-state index is 0.267. The van der Waals surface area contributed by atoms with Gasteiger partial charge in [-0.2, -0.15) is 0 Å². The van der Waals surface area contributed by atoms with E-state index >= 15 is 0 Å². The Morgan fingerprint density at radius 3 is 2.38 bits per heavy atom. The van der Waals surface area contributed by atoms with Crippen LogP contribution in [0.1, 0.15) is 16.7 Å². The Hall–Kier alpha value is -1.71. The van der Waals surface area contributed by atoms with Gasteiger partial charge >= 0.3 is 0 Å². The van der Waals surface area contributed by atoms with Crippen LogP contribution < -0.4 is 4.74 Å². The summed E-state index contributed by atoms with van der Waals surface area (Å²) in [7, 11) is 1.62. The van der Waals surface area contributed by atoms with Crippen molar-refractivity contribution in [2.24, 2.45) is 0 Å². The number of methoxy groups -OCH3 is 1. The molecule has 0 fully saturated rings. The summed E-state index contributed by atoms with van der Waals surface area (Å²) in [5.41, 5.74) is 3.48. The SMILES string of the molecule is COCOc1cc(C)cc(/C=C/c2ccc(SC)cc2)c1. The van der Waals surface area contributed by atoms with Crippen LogP contribution in [0.5, 0.6) is 5.75 Å². The Bertz CT molecular complexity index is 603. The maximum absolute atomic E-state index is 5.50. The zero-order valence-electron chi connectivity index (χ0n) is 12.6. The second-order valence-corrected chi connectivity index (χ2v) is 5.62. The van der Waals surface area contributed by atoms with Crippen LogP contribution in [-0.4, -0.2) is 20.2 Å². The molecule has 0 saturated heterocycles. The highest BCUT2D eigenvalue weighted by Gasteiger charge is 1.98. The number of hydrogen-bond donors (Lipinski definition) is 0. The van der Waals surface area contributed by atoms with E-state index < -0.39 is 0 Å². The van der Waals surface area contributed by atoms with E-state index in [1.165, 1.54) is 16.0 Å². The third-order valence-corrected chi connectivity index (χ3v) is 3.74. The van der Waals surface area contributed by atoms with E-state index in [0.29, 0.717) is 0 Å². The molecule has 110 valence electrons. The predicted octanol–water partition coefficient (Wildman–Crippen LogP) is 4.87. The number of thioether (sulfide) groups is 1. The minimum atomic E-state index is 0.267. The quantitative estimate of drug-likeness (QED) is 0.431. The van der Waals surface area contributed by atoms with E-state index in [2.05, 4.69) is 55.7 Å². The van der Waals surface area contributed by atoms with Gasteiger partial charge in [0.05, 0.1) is 0 Å². The van der Waals surface area contributed by atoms with Crippen LogP contribution >= 0.6 is 11.8 Å². The molecule has 0 N–H and O–H groups in total. The van der Waals surface area contributed by atoms with Crippen molar-refractivity contribution < 1.29 is 9.47 Å². The first-order valence-electron chi connectivity index (χ1n) is 6.77. The first kappa shape index (κ1) is 15.7. The van der Waals surface area contributed by atoms with Gasteiger partial charge in [-0.1, -0.05) is 30.4 Å². The average molecular weight is 300 g/mol. The van der Waals surface area contributed by atoms with E-state index in [-0.39, 0.29) is 6.79 Å². The Kier molecular flexibility index (Phi) is 5.90. The second kappa shape index (κ2) is 7.91. The standard InChI is InChI=1S/C18H20O2S/c1-14-10-16(12-17(11-14)20-13-19-2)5-4-15-6-8-18(21-3)9-7-15/h4-12H,13H2,1-3H3/b5-4+. The molecular weight excluding hydrogens is 280 g/mol. The molecule has 2 rings (SSSR count). The molecule has 2 aromatic rings. The molecule has 0 aromatic heterocycles. The number of benzene rings is 2. The van der Waals surface area contributed by atoms with Crippen LogP contribution in [0.15, 0.2) is 47.4 Å². The van der Waals surface area contributed by atoms with Crippen molar-refractivity contribution in [1.29, 1.82) is 0 Å². The molecule has 3 heteroatoms. The van der Waals surface area contributed by atoms with Gasteiger partial charge in [-0.15, -0.1) is 11.8 Å². The van der Waals surface area contributed by atoms with Crippen molar-refractivity contribution in [3.63, 3.8) is 0 Å². The molecular formula is C18H20O2S. The van der Waals surface area contributed by atoms with Gasteiger partial charge in [-0.25, -0.2) is 0 Å². The van der Waals surface area contributed by atoms with Crippen LogP contribution in [0.25, 0.3) is 12.2 Å². The lowest BCUT2D eigenvalue weighted by Gasteiger charge is -2.07. The molecule has 0 bridgehead atoms. The van der Waals surface area contributed by atoms with Crippen molar-refractivity contribution in [2.45, 2.75) is 11.8 Å². The monoisotopic (exact) mass is 300 g/mol. The molecule has 0 atom stereocenters. The predicted molar refractivity (Wildman–Crippen MR) is 90.8 cm³/mol. The highest BCUT2D eigenvalue weighted by Crippen LogP contribution is 2.20. The summed E-state index contributed by atoms with van der Waals surface area (Å²) in [6.07, 6.45) is 6.29. The average Bonchev–Trinajstić information content (AvgIpc) is 2.51. The third kappa shape index (κ3) is 4.96. The van der Waals surface area contributed by atoms with Gasteiger partial charge < -0.3 is 9.47 Å². The number of rotatable bonds is 6. The Labute approximate surface area is 130 Å². The first-order chi connectivity index (χ1) is 10.2. The molecule has 0 radical (unpaired) electrons. The fourth-order valence-corrected chi connectivity index (χ4v) is 2.40. The molecule has 0 aliphatic heterocycles. The van der Waals surface area contributed by atoms with Gasteiger partial charge in [-0.05, 0) is 54.1 Å². The van der Waals surface area contributed by atoms with Crippen molar-refractivity contribution in [1.82, 2.24) is 0 Å². The van der Waals surface area contributed by atoms with Crippen LogP contribution in [0.3, 0.4) is 0 Å². The highest BCUT2D eigenvalue weighted by molar-refractivity contribution is 7.98. The molecule has 21 heavy (non-hydrogen) atoms. The van der Waals surface area contributed by atoms with Crippen molar-refractivity contribution in [3.05, 3.63) is 59.2 Å². The van der Waals surface area contributed by atoms with Crippen molar-refractivity contribution in [2.75, 3.05) is 20.2 Å². The molecule has 0 amide bonds. The Morgan fingerprint density at radius 1 is 1.00 bits per heavy atom. The van der Waals surface area contributed by atoms with E-state index in [1.54, 1.807) is 18.9 Å². The zero-order chi connectivity index (χ0) is 15.1. The van der Waals surface area contributed by atoms with Gasteiger partial charge in [0.15, 0.2) is 6.79 Å². The lowest BCUT2D eigenvalue weighted by Crippen LogP contribution is -1.99. The Morgan fingerprint density at radius 2 is 1.71 bits per heavy atom. The molecule has 0 aliphatic rings. The summed E-state index contributed by atoms with van der Waals surface area (Å²) in [6.45, 7) is 2.33. The smallest absolute Gasteiger partial charge is 0.188 e. The largest absolute Gasteiger partial charge is 0.468 e. The van der Waals surface area contributed by atoms with Crippen LogP contribution in [0.4, 0.5) is 0 Å². The normalized spacial score (nSPS) is 11.0. The molecule has 2 aromatic carbocycles. The van der Waals surface area contributed by atoms with Crippen molar-refractivity contribution in [3.8, 4) is 5.75 Å².